The summed E-state index contributed by atoms with van der Waals surface area (Å²) in [5.41, 5.74) is 5.55. The number of pyridine rings is 1. The number of halogens is 1. The number of rotatable bonds is 6. The molecule has 0 bridgehead atoms. The van der Waals surface area contributed by atoms with Gasteiger partial charge in [0.25, 0.3) is 0 Å². The number of aryl methyl sites for hydroxylation is 1. The number of hydrogen-bond acceptors (Lipinski definition) is 3. The lowest BCUT2D eigenvalue weighted by molar-refractivity contribution is -0.118. The number of nitrogens with zero attached hydrogens (tertiary/aromatic N) is 3. The van der Waals surface area contributed by atoms with Crippen LogP contribution in [0.1, 0.15) is 43.0 Å². The molecule has 2 N–H and O–H groups in total. The normalized spacial score (nSPS) is 17.2. The molecule has 0 spiro atoms. The number of para-hydroxylation sites is 1. The minimum Gasteiger partial charge on any atom is -0.351 e. The minimum atomic E-state index is -0.205. The van der Waals surface area contributed by atoms with Gasteiger partial charge in [0.15, 0.2) is 5.11 Å². The molecule has 0 saturated carbocycles. The molecule has 188 valence electrons. The van der Waals surface area contributed by atoms with E-state index in [0.717, 1.165) is 28.5 Å². The first-order chi connectivity index (χ1) is 17.8. The maximum atomic E-state index is 12.2. The van der Waals surface area contributed by atoms with Crippen LogP contribution in [0.15, 0.2) is 85.1 Å². The van der Waals surface area contributed by atoms with Gasteiger partial charge >= 0.3 is 0 Å². The van der Waals surface area contributed by atoms with Gasteiger partial charge in [-0.05, 0) is 73.7 Å². The van der Waals surface area contributed by atoms with Gasteiger partial charge in [-0.3, -0.25) is 9.78 Å². The molecule has 0 radical (unpaired) electrons. The van der Waals surface area contributed by atoms with Gasteiger partial charge in [-0.25, -0.2) is 0 Å². The van der Waals surface area contributed by atoms with E-state index in [4.69, 9.17) is 23.8 Å². The lowest BCUT2D eigenvalue weighted by atomic mass is 10.0. The molecular formula is C29H28ClN5OS. The number of amides is 1. The summed E-state index contributed by atoms with van der Waals surface area (Å²) in [5, 5.41) is 7.43. The van der Waals surface area contributed by atoms with E-state index in [1.54, 1.807) is 6.20 Å². The predicted molar refractivity (Wildman–Crippen MR) is 153 cm³/mol. The van der Waals surface area contributed by atoms with E-state index in [9.17, 15) is 4.79 Å². The van der Waals surface area contributed by atoms with Crippen molar-refractivity contribution in [3.05, 3.63) is 107 Å². The van der Waals surface area contributed by atoms with Crippen LogP contribution in [0.25, 0.3) is 5.69 Å². The number of carbonyl (C=O) groups excluding carboxylic acids is 1. The maximum Gasteiger partial charge on any atom is 0.226 e. The van der Waals surface area contributed by atoms with E-state index >= 15 is 0 Å². The fourth-order valence-corrected chi connectivity index (χ4v) is 5.25. The summed E-state index contributed by atoms with van der Waals surface area (Å²) in [5.74, 6) is -0.235. The standard InChI is InChI=1S/C29H28ClN5OS/c1-18(2)28(36)32-23-14-13-21(17-22(23)30)35-27(26(33-29(35)37)24-11-7-8-16-31-24)25-15-12-19(3)34(25)20-9-5-4-6-10-20/h4-18,26-27H,1-3H3,(H,32,36)(H,33,37). The summed E-state index contributed by atoms with van der Waals surface area (Å²) in [6.07, 6.45) is 1.80. The van der Waals surface area contributed by atoms with Crippen LogP contribution in [0.4, 0.5) is 11.4 Å². The summed E-state index contributed by atoms with van der Waals surface area (Å²) in [7, 11) is 0. The van der Waals surface area contributed by atoms with E-state index < -0.39 is 0 Å². The van der Waals surface area contributed by atoms with E-state index in [2.05, 4.69) is 56.3 Å². The predicted octanol–water partition coefficient (Wildman–Crippen LogP) is 6.61. The highest BCUT2D eigenvalue weighted by molar-refractivity contribution is 7.80. The van der Waals surface area contributed by atoms with Gasteiger partial charge < -0.3 is 20.1 Å². The van der Waals surface area contributed by atoms with Crippen molar-refractivity contribution in [1.29, 1.82) is 0 Å². The molecule has 4 aromatic rings. The zero-order valence-corrected chi connectivity index (χ0v) is 22.4. The second-order valence-electron chi connectivity index (χ2n) is 9.38. The van der Waals surface area contributed by atoms with Gasteiger partial charge in [-0.1, -0.05) is 49.7 Å². The average molecular weight is 530 g/mol. The molecule has 6 nitrogen and oxygen atoms in total. The number of aromatic nitrogens is 2. The van der Waals surface area contributed by atoms with Crippen LogP contribution in [0.2, 0.25) is 5.02 Å². The van der Waals surface area contributed by atoms with Crippen molar-refractivity contribution in [2.24, 2.45) is 5.92 Å². The van der Waals surface area contributed by atoms with Gasteiger partial charge in [-0.15, -0.1) is 0 Å². The summed E-state index contributed by atoms with van der Waals surface area (Å²) in [6, 6.07) is 25.7. The SMILES string of the molecule is Cc1ccc(C2C(c3ccccn3)NC(=S)N2c2ccc(NC(=O)C(C)C)c(Cl)c2)n1-c1ccccc1. The van der Waals surface area contributed by atoms with E-state index in [0.29, 0.717) is 15.8 Å². The Labute approximate surface area is 227 Å². The van der Waals surface area contributed by atoms with Crippen molar-refractivity contribution in [1.82, 2.24) is 14.9 Å². The van der Waals surface area contributed by atoms with Crippen LogP contribution >= 0.6 is 23.8 Å². The van der Waals surface area contributed by atoms with Crippen LogP contribution in [0.5, 0.6) is 0 Å². The fourth-order valence-electron chi connectivity index (χ4n) is 4.69. The number of benzene rings is 2. The first-order valence-corrected chi connectivity index (χ1v) is 13.0. The highest BCUT2D eigenvalue weighted by atomic mass is 35.5. The van der Waals surface area contributed by atoms with Crippen LogP contribution in [-0.2, 0) is 4.79 Å². The number of hydrogen-bond donors (Lipinski definition) is 2. The van der Waals surface area contributed by atoms with Gasteiger partial charge in [0, 0.05) is 34.9 Å². The zero-order chi connectivity index (χ0) is 26.1. The van der Waals surface area contributed by atoms with Crippen molar-refractivity contribution in [2.45, 2.75) is 32.9 Å². The van der Waals surface area contributed by atoms with Crippen molar-refractivity contribution < 1.29 is 4.79 Å². The van der Waals surface area contributed by atoms with Crippen molar-refractivity contribution in [2.75, 3.05) is 10.2 Å². The highest BCUT2D eigenvalue weighted by Crippen LogP contribution is 2.43. The topological polar surface area (TPSA) is 62.2 Å². The van der Waals surface area contributed by atoms with E-state index in [1.165, 1.54) is 0 Å². The molecule has 1 amide bonds. The molecular weight excluding hydrogens is 502 g/mol. The van der Waals surface area contributed by atoms with Gasteiger partial charge in [0.1, 0.15) is 6.04 Å². The Bertz CT molecular complexity index is 1440. The summed E-state index contributed by atoms with van der Waals surface area (Å²) < 4.78 is 2.25. The lowest BCUT2D eigenvalue weighted by Crippen LogP contribution is -2.30. The molecule has 1 aliphatic heterocycles. The first kappa shape index (κ1) is 25.0. The minimum absolute atomic E-state index is 0.0859. The Morgan fingerprint density at radius 1 is 1.03 bits per heavy atom. The Hall–Kier alpha value is -3.68. The first-order valence-electron chi connectivity index (χ1n) is 12.2. The van der Waals surface area contributed by atoms with Crippen molar-refractivity contribution >= 4 is 46.2 Å². The van der Waals surface area contributed by atoms with E-state index in [1.807, 2.05) is 68.4 Å². The lowest BCUT2D eigenvalue weighted by Gasteiger charge is -2.29. The van der Waals surface area contributed by atoms with Crippen LogP contribution in [-0.4, -0.2) is 20.6 Å². The number of nitrogens with one attached hydrogen (secondary N) is 2. The van der Waals surface area contributed by atoms with Crippen LogP contribution < -0.4 is 15.5 Å². The monoisotopic (exact) mass is 529 g/mol. The number of thiocarbonyl (C=S) groups is 1. The van der Waals surface area contributed by atoms with Crippen molar-refractivity contribution in [3.63, 3.8) is 0 Å². The quantitative estimate of drug-likeness (QED) is 0.275. The molecule has 2 unspecified atom stereocenters. The molecule has 37 heavy (non-hydrogen) atoms. The Morgan fingerprint density at radius 3 is 2.46 bits per heavy atom. The molecule has 5 rings (SSSR count). The van der Waals surface area contributed by atoms with Gasteiger partial charge in [0.05, 0.1) is 22.4 Å². The van der Waals surface area contributed by atoms with E-state index in [-0.39, 0.29) is 23.9 Å². The molecule has 1 saturated heterocycles. The van der Waals surface area contributed by atoms with Gasteiger partial charge in [-0.2, -0.15) is 0 Å². The molecule has 8 heteroatoms. The maximum absolute atomic E-state index is 12.2. The zero-order valence-electron chi connectivity index (χ0n) is 20.9. The third-order valence-corrected chi connectivity index (χ3v) is 7.16. The van der Waals surface area contributed by atoms with Crippen LogP contribution in [0.3, 0.4) is 0 Å². The molecule has 0 aliphatic carbocycles. The molecule has 1 fully saturated rings. The molecule has 2 aromatic carbocycles. The Kier molecular flexibility index (Phi) is 7.00. The Balaban J connectivity index is 1.62. The highest BCUT2D eigenvalue weighted by Gasteiger charge is 2.42. The molecule has 2 atom stereocenters. The largest absolute Gasteiger partial charge is 0.351 e. The average Bonchev–Trinajstić information content (AvgIpc) is 3.45. The summed E-state index contributed by atoms with van der Waals surface area (Å²) >= 11 is 12.5. The number of anilines is 2. The summed E-state index contributed by atoms with van der Waals surface area (Å²) in [6.45, 7) is 5.79. The smallest absolute Gasteiger partial charge is 0.226 e. The fraction of sp³-hybridized carbons (Fsp3) is 0.207. The van der Waals surface area contributed by atoms with Crippen molar-refractivity contribution in [3.8, 4) is 5.69 Å². The molecule has 1 aliphatic rings. The Morgan fingerprint density at radius 2 is 1.78 bits per heavy atom. The second-order valence-corrected chi connectivity index (χ2v) is 10.2. The second kappa shape index (κ2) is 10.4. The summed E-state index contributed by atoms with van der Waals surface area (Å²) in [4.78, 5) is 19.0. The van der Waals surface area contributed by atoms with Gasteiger partial charge in [0.2, 0.25) is 5.91 Å². The molecule has 2 aromatic heterocycles. The number of carbonyl (C=O) groups is 1. The molecule has 3 heterocycles. The third-order valence-electron chi connectivity index (χ3n) is 6.53. The van der Waals surface area contributed by atoms with Crippen LogP contribution in [0, 0.1) is 12.8 Å². The third kappa shape index (κ3) is 4.84.